The van der Waals surface area contributed by atoms with Crippen LogP contribution in [0, 0.1) is 0 Å². The Bertz CT molecular complexity index is 1270. The van der Waals surface area contributed by atoms with Crippen molar-refractivity contribution < 1.29 is 37.3 Å². The average Bonchev–Trinajstić information content (AvgIpc) is 3.23. The molecule has 0 radical (unpaired) electrons. The molecule has 0 aromatic heterocycles. The number of nitrogens with one attached hydrogen (secondary N) is 1. The molecule has 0 aromatic carbocycles. The summed E-state index contributed by atoms with van der Waals surface area (Å²) in [7, 11) is 1.47. The minimum absolute atomic E-state index is 0.0330. The number of allylic oxidation sites excluding steroid dienone is 9. The number of rotatable bonds is 45. The van der Waals surface area contributed by atoms with Crippen LogP contribution in [0.3, 0.4) is 0 Å². The maximum atomic E-state index is 13.4. The lowest BCUT2D eigenvalue weighted by Crippen LogP contribution is -2.47. The maximum absolute atomic E-state index is 13.4. The summed E-state index contributed by atoms with van der Waals surface area (Å²) in [6, 6.07) is -0.860. The first-order valence-corrected chi connectivity index (χ1v) is 27.1. The predicted octanol–water partition coefficient (Wildman–Crippen LogP) is 14.8. The van der Waals surface area contributed by atoms with Crippen LogP contribution < -0.4 is 5.32 Å². The molecule has 0 spiro atoms. The molecule has 0 fully saturated rings. The van der Waals surface area contributed by atoms with Crippen LogP contribution in [0.2, 0.25) is 0 Å². The lowest BCUT2D eigenvalue weighted by molar-refractivity contribution is -0.870. The van der Waals surface area contributed by atoms with Gasteiger partial charge in [0.1, 0.15) is 19.3 Å². The number of nitrogens with zero attached hydrogens (tertiary/aromatic N) is 1. The third-order valence-corrected chi connectivity index (χ3v) is 12.0. The summed E-state index contributed by atoms with van der Waals surface area (Å²) >= 11 is 0. The number of ether oxygens (including phenoxy) is 1. The molecule has 0 heterocycles. The normalized spacial score (nSPS) is 14.5. The summed E-state index contributed by atoms with van der Waals surface area (Å²) in [6.07, 6.45) is 52.1. The number of likely N-dealkylation sites (N-methyl/N-ethyl adjacent to an activating group) is 1. The minimum atomic E-state index is -4.44. The van der Waals surface area contributed by atoms with Crippen LogP contribution in [0.1, 0.15) is 213 Å². The van der Waals surface area contributed by atoms with Crippen LogP contribution in [0.25, 0.3) is 0 Å². The number of carbonyl (C=O) groups excluding carboxylic acids is 2. The van der Waals surface area contributed by atoms with E-state index < -0.39 is 20.0 Å². The molecule has 9 nitrogen and oxygen atoms in total. The van der Waals surface area contributed by atoms with Gasteiger partial charge in [-0.25, -0.2) is 4.57 Å². The van der Waals surface area contributed by atoms with Crippen LogP contribution in [0.4, 0.5) is 0 Å². The van der Waals surface area contributed by atoms with Gasteiger partial charge in [0.25, 0.3) is 0 Å². The number of phosphoric acid groups is 1. The van der Waals surface area contributed by atoms with E-state index in [9.17, 15) is 19.0 Å². The van der Waals surface area contributed by atoms with Gasteiger partial charge in [-0.3, -0.25) is 18.6 Å². The van der Waals surface area contributed by atoms with Crippen molar-refractivity contribution in [3.8, 4) is 0 Å². The molecule has 63 heavy (non-hydrogen) atoms. The Kier molecular flexibility index (Phi) is 42.0. The first-order valence-electron chi connectivity index (χ1n) is 25.6. The lowest BCUT2D eigenvalue weighted by Gasteiger charge is -2.27. The van der Waals surface area contributed by atoms with Gasteiger partial charge in [-0.05, 0) is 70.3 Å². The number of phosphoric ester groups is 1. The molecule has 0 saturated heterocycles. The van der Waals surface area contributed by atoms with Gasteiger partial charge < -0.3 is 19.4 Å². The molecule has 1 amide bonds. The fourth-order valence-corrected chi connectivity index (χ4v) is 7.71. The van der Waals surface area contributed by atoms with E-state index in [-0.39, 0.29) is 31.5 Å². The van der Waals surface area contributed by atoms with Gasteiger partial charge >= 0.3 is 13.8 Å². The maximum Gasteiger partial charge on any atom is 0.472 e. The Labute approximate surface area is 388 Å². The fourth-order valence-electron chi connectivity index (χ4n) is 6.98. The van der Waals surface area contributed by atoms with Crippen molar-refractivity contribution in [1.82, 2.24) is 5.32 Å². The quantitative estimate of drug-likeness (QED) is 0.0156. The standard InChI is InChI=1S/C53H97N2O7P/c1-7-10-13-16-19-22-25-27-30-32-35-38-41-44-51(62-53(57)46-43-40-37-34-29-24-21-18-15-12-9-3)50(49-61-63(58,59)60-48-47-55(4,5)6)54-52(56)45-42-39-36-33-31-28-26-23-20-17-14-11-8-2/h11,14,17-18,20-21,23,26,41,44,50-51H,7-10,12-13,15-16,19,22,24-25,27-40,42-43,45-49H2,1-6H3,(H-,54,56,58,59)/p+1/b14-11+,20-17+,21-18-,26-23-,44-41+. The lowest BCUT2D eigenvalue weighted by atomic mass is 10.0. The van der Waals surface area contributed by atoms with Gasteiger partial charge in [0, 0.05) is 12.8 Å². The molecule has 0 aliphatic rings. The second kappa shape index (κ2) is 43.6. The number of amides is 1. The van der Waals surface area contributed by atoms with E-state index in [0.29, 0.717) is 17.4 Å². The summed E-state index contributed by atoms with van der Waals surface area (Å²) in [4.78, 5) is 37.3. The van der Waals surface area contributed by atoms with E-state index in [1.165, 1.54) is 70.6 Å². The van der Waals surface area contributed by atoms with Gasteiger partial charge in [-0.15, -0.1) is 0 Å². The fraction of sp³-hybridized carbons (Fsp3) is 0.774. The van der Waals surface area contributed by atoms with E-state index in [1.807, 2.05) is 39.4 Å². The zero-order valence-corrected chi connectivity index (χ0v) is 42.4. The second-order valence-corrected chi connectivity index (χ2v) is 19.8. The molecule has 2 N–H and O–H groups in total. The van der Waals surface area contributed by atoms with E-state index in [4.69, 9.17) is 13.8 Å². The van der Waals surface area contributed by atoms with Crippen LogP contribution in [-0.2, 0) is 27.9 Å². The Morgan fingerprint density at radius 3 is 1.60 bits per heavy atom. The molecule has 0 saturated carbocycles. The Morgan fingerprint density at radius 1 is 0.571 bits per heavy atom. The van der Waals surface area contributed by atoms with Crippen LogP contribution in [0.15, 0.2) is 60.8 Å². The van der Waals surface area contributed by atoms with Crippen molar-refractivity contribution in [1.29, 1.82) is 0 Å². The molecular formula is C53H98N2O7P+. The highest BCUT2D eigenvalue weighted by atomic mass is 31.2. The third kappa shape index (κ3) is 44.7. The van der Waals surface area contributed by atoms with Gasteiger partial charge in [0.15, 0.2) is 0 Å². The van der Waals surface area contributed by atoms with Crippen molar-refractivity contribution in [2.24, 2.45) is 0 Å². The van der Waals surface area contributed by atoms with Gasteiger partial charge in [-0.1, -0.05) is 191 Å². The SMILES string of the molecule is CC/C=C/C=C/C=C\CCCCCCCC(=O)NC(COP(=O)(O)OCC[N+](C)(C)C)C(/C=C/CCCCCCCCCCCCC)OC(=O)CCCCCCC/C=C\CCCC. The number of esters is 1. The van der Waals surface area contributed by atoms with E-state index in [2.05, 4.69) is 68.6 Å². The summed E-state index contributed by atoms with van der Waals surface area (Å²) in [5, 5.41) is 3.02. The summed E-state index contributed by atoms with van der Waals surface area (Å²) in [6.45, 7) is 6.80. The first-order chi connectivity index (χ1) is 30.4. The summed E-state index contributed by atoms with van der Waals surface area (Å²) < 4.78 is 30.4. The Hall–Kier alpha value is -2.29. The highest BCUT2D eigenvalue weighted by Crippen LogP contribution is 2.43. The van der Waals surface area contributed by atoms with Crippen LogP contribution in [-0.4, -0.2) is 74.3 Å². The molecule has 0 aliphatic carbocycles. The number of quaternary nitrogens is 1. The van der Waals surface area contributed by atoms with E-state index in [1.54, 1.807) is 0 Å². The van der Waals surface area contributed by atoms with Crippen molar-refractivity contribution in [3.05, 3.63) is 60.8 Å². The Balaban J connectivity index is 5.51. The topological polar surface area (TPSA) is 111 Å². The summed E-state index contributed by atoms with van der Waals surface area (Å²) in [5.41, 5.74) is 0. The molecule has 3 unspecified atom stereocenters. The predicted molar refractivity (Wildman–Crippen MR) is 268 cm³/mol. The minimum Gasteiger partial charge on any atom is -0.456 e. The zero-order valence-electron chi connectivity index (χ0n) is 41.6. The molecule has 3 atom stereocenters. The highest BCUT2D eigenvalue weighted by Gasteiger charge is 2.30. The average molecular weight is 906 g/mol. The largest absolute Gasteiger partial charge is 0.472 e. The first kappa shape index (κ1) is 60.7. The zero-order chi connectivity index (χ0) is 46.5. The molecule has 0 aliphatic heterocycles. The van der Waals surface area contributed by atoms with Crippen molar-refractivity contribution >= 4 is 19.7 Å². The number of hydrogen-bond donors (Lipinski definition) is 2. The smallest absolute Gasteiger partial charge is 0.456 e. The molecule has 10 heteroatoms. The Morgan fingerprint density at radius 2 is 1.05 bits per heavy atom. The van der Waals surface area contributed by atoms with Crippen molar-refractivity contribution in [3.63, 3.8) is 0 Å². The van der Waals surface area contributed by atoms with Gasteiger partial charge in [0.05, 0.1) is 33.8 Å². The monoisotopic (exact) mass is 906 g/mol. The van der Waals surface area contributed by atoms with E-state index in [0.717, 1.165) is 109 Å². The molecule has 0 aromatic rings. The van der Waals surface area contributed by atoms with E-state index >= 15 is 0 Å². The summed E-state index contributed by atoms with van der Waals surface area (Å²) in [5.74, 6) is -0.544. The van der Waals surface area contributed by atoms with Crippen molar-refractivity contribution in [2.75, 3.05) is 40.9 Å². The van der Waals surface area contributed by atoms with Gasteiger partial charge in [-0.2, -0.15) is 0 Å². The number of hydrogen-bond acceptors (Lipinski definition) is 6. The number of carbonyl (C=O) groups is 2. The van der Waals surface area contributed by atoms with Gasteiger partial charge in [0.2, 0.25) is 5.91 Å². The van der Waals surface area contributed by atoms with Crippen molar-refractivity contribution in [2.45, 2.75) is 226 Å². The molecule has 366 valence electrons. The number of unbranched alkanes of at least 4 members (excludes halogenated alkanes) is 23. The van der Waals surface area contributed by atoms with Crippen LogP contribution >= 0.6 is 7.82 Å². The molecule has 0 rings (SSSR count). The second-order valence-electron chi connectivity index (χ2n) is 18.4. The molecule has 0 bridgehead atoms. The third-order valence-electron chi connectivity index (χ3n) is 11.0. The van der Waals surface area contributed by atoms with Crippen LogP contribution in [0.5, 0.6) is 0 Å². The molecular weight excluding hydrogens is 808 g/mol. The highest BCUT2D eigenvalue weighted by molar-refractivity contribution is 7.47.